The van der Waals surface area contributed by atoms with Crippen molar-refractivity contribution in [2.24, 2.45) is 5.92 Å². The molecule has 0 spiro atoms. The zero-order chi connectivity index (χ0) is 15.0. The third-order valence-electron chi connectivity index (χ3n) is 3.59. The molecule has 0 amide bonds. The minimum absolute atomic E-state index is 0.722. The highest BCUT2D eigenvalue weighted by atomic mass is 32.1. The number of unbranched alkanes of at least 4 members (excludes halogenated alkanes) is 1. The lowest BCUT2D eigenvalue weighted by Crippen LogP contribution is -2.24. The summed E-state index contributed by atoms with van der Waals surface area (Å²) in [5, 5.41) is 3.54. The van der Waals surface area contributed by atoms with E-state index in [0.717, 1.165) is 32.1 Å². The van der Waals surface area contributed by atoms with Gasteiger partial charge in [0.25, 0.3) is 0 Å². The maximum atomic E-state index is 3.54. The highest BCUT2D eigenvalue weighted by Gasteiger charge is 2.09. The zero-order valence-corrected chi connectivity index (χ0v) is 14.8. The van der Waals surface area contributed by atoms with E-state index in [0.29, 0.717) is 0 Å². The molecule has 1 aromatic heterocycles. The van der Waals surface area contributed by atoms with Gasteiger partial charge in [-0.2, -0.15) is 0 Å². The van der Waals surface area contributed by atoms with E-state index in [4.69, 9.17) is 0 Å². The molecule has 0 bridgehead atoms. The van der Waals surface area contributed by atoms with E-state index >= 15 is 0 Å². The smallest absolute Gasteiger partial charge is 0.0300 e. The molecule has 116 valence electrons. The Kier molecular flexibility index (Phi) is 8.43. The number of aryl methyl sites for hydroxylation is 1. The first-order chi connectivity index (χ1) is 9.56. The van der Waals surface area contributed by atoms with Crippen molar-refractivity contribution >= 4 is 11.3 Å². The number of thiophene rings is 1. The molecule has 0 aromatic carbocycles. The molecule has 1 rings (SSSR count). The van der Waals surface area contributed by atoms with Crippen LogP contribution in [0.2, 0.25) is 0 Å². The predicted molar refractivity (Wildman–Crippen MR) is 91.5 cm³/mol. The quantitative estimate of drug-likeness (QED) is 0.687. The summed E-state index contributed by atoms with van der Waals surface area (Å²) in [5.41, 5.74) is 1.52. The molecule has 0 unspecified atom stereocenters. The fraction of sp³-hybridized carbons (Fsp3) is 0.765. The maximum absolute atomic E-state index is 3.54. The van der Waals surface area contributed by atoms with Crippen LogP contribution >= 0.6 is 11.3 Å². The molecule has 1 aromatic rings. The molecule has 0 aliphatic carbocycles. The van der Waals surface area contributed by atoms with Gasteiger partial charge in [-0.25, -0.2) is 0 Å². The number of nitrogens with one attached hydrogen (secondary N) is 1. The van der Waals surface area contributed by atoms with Crippen molar-refractivity contribution in [2.75, 3.05) is 19.6 Å². The van der Waals surface area contributed by atoms with E-state index in [1.54, 1.807) is 0 Å². The fourth-order valence-corrected chi connectivity index (χ4v) is 3.31. The van der Waals surface area contributed by atoms with Gasteiger partial charge in [0.2, 0.25) is 0 Å². The van der Waals surface area contributed by atoms with Crippen LogP contribution < -0.4 is 5.32 Å². The molecular formula is C17H32N2S. The molecule has 1 N–H and O–H groups in total. The van der Waals surface area contributed by atoms with E-state index in [-0.39, 0.29) is 0 Å². The summed E-state index contributed by atoms with van der Waals surface area (Å²) < 4.78 is 0. The zero-order valence-electron chi connectivity index (χ0n) is 14.0. The lowest BCUT2D eigenvalue weighted by Gasteiger charge is -2.19. The average molecular weight is 297 g/mol. The van der Waals surface area contributed by atoms with E-state index in [9.17, 15) is 0 Å². The molecule has 0 saturated heterocycles. The van der Waals surface area contributed by atoms with E-state index in [1.807, 2.05) is 11.3 Å². The van der Waals surface area contributed by atoms with Crippen LogP contribution in [0.25, 0.3) is 0 Å². The number of hydrogen-bond acceptors (Lipinski definition) is 3. The Labute approximate surface area is 129 Å². The van der Waals surface area contributed by atoms with Crippen LogP contribution in [0.3, 0.4) is 0 Å². The molecule has 0 aliphatic rings. The van der Waals surface area contributed by atoms with Gasteiger partial charge in [-0.3, -0.25) is 4.90 Å². The molecular weight excluding hydrogens is 264 g/mol. The molecule has 0 aliphatic heterocycles. The Morgan fingerprint density at radius 2 is 2.05 bits per heavy atom. The first kappa shape index (κ1) is 17.7. The van der Waals surface area contributed by atoms with Gasteiger partial charge in [0.15, 0.2) is 0 Å². The second-order valence-electron chi connectivity index (χ2n) is 6.04. The SMILES string of the molecule is CCCCN(CC)Cc1cc(CNCC(C)C)sc1C. The second-order valence-corrected chi connectivity index (χ2v) is 7.38. The molecule has 0 saturated carbocycles. The lowest BCUT2D eigenvalue weighted by molar-refractivity contribution is 0.275. The summed E-state index contributed by atoms with van der Waals surface area (Å²) in [6, 6.07) is 2.40. The van der Waals surface area contributed by atoms with Gasteiger partial charge < -0.3 is 5.32 Å². The predicted octanol–water partition coefficient (Wildman–Crippen LogP) is 4.42. The van der Waals surface area contributed by atoms with Gasteiger partial charge in [0.1, 0.15) is 0 Å². The highest BCUT2D eigenvalue weighted by molar-refractivity contribution is 7.12. The van der Waals surface area contributed by atoms with E-state index in [1.165, 1.54) is 34.7 Å². The Balaban J connectivity index is 2.51. The summed E-state index contributed by atoms with van der Waals surface area (Å²) >= 11 is 1.95. The standard InChI is InChI=1S/C17H32N2S/c1-6-8-9-19(7-2)13-16-10-17(20-15(16)5)12-18-11-14(3)4/h10,14,18H,6-9,11-13H2,1-5H3. The van der Waals surface area contributed by atoms with E-state index in [2.05, 4.69) is 50.9 Å². The van der Waals surface area contributed by atoms with Crippen LogP contribution in [0.15, 0.2) is 6.07 Å². The normalized spacial score (nSPS) is 11.8. The van der Waals surface area contributed by atoms with Crippen molar-refractivity contribution in [1.29, 1.82) is 0 Å². The van der Waals surface area contributed by atoms with Crippen molar-refractivity contribution in [3.63, 3.8) is 0 Å². The van der Waals surface area contributed by atoms with Crippen LogP contribution in [0.5, 0.6) is 0 Å². The van der Waals surface area contributed by atoms with Gasteiger partial charge in [0.05, 0.1) is 0 Å². The Morgan fingerprint density at radius 1 is 1.30 bits per heavy atom. The van der Waals surface area contributed by atoms with Gasteiger partial charge in [0, 0.05) is 22.8 Å². The monoisotopic (exact) mass is 296 g/mol. The van der Waals surface area contributed by atoms with Gasteiger partial charge in [-0.1, -0.05) is 34.1 Å². The fourth-order valence-electron chi connectivity index (χ4n) is 2.29. The number of hydrogen-bond donors (Lipinski definition) is 1. The van der Waals surface area contributed by atoms with Crippen molar-refractivity contribution in [1.82, 2.24) is 10.2 Å². The number of nitrogens with zero attached hydrogens (tertiary/aromatic N) is 1. The van der Waals surface area contributed by atoms with Crippen LogP contribution in [0, 0.1) is 12.8 Å². The molecule has 20 heavy (non-hydrogen) atoms. The van der Waals surface area contributed by atoms with Crippen LogP contribution in [-0.2, 0) is 13.1 Å². The highest BCUT2D eigenvalue weighted by Crippen LogP contribution is 2.23. The third-order valence-corrected chi connectivity index (χ3v) is 4.69. The topological polar surface area (TPSA) is 15.3 Å². The largest absolute Gasteiger partial charge is 0.312 e. The average Bonchev–Trinajstić information content (AvgIpc) is 2.74. The summed E-state index contributed by atoms with van der Waals surface area (Å²) in [5.74, 6) is 0.722. The first-order valence-electron chi connectivity index (χ1n) is 8.08. The Morgan fingerprint density at radius 3 is 2.65 bits per heavy atom. The van der Waals surface area contributed by atoms with E-state index < -0.39 is 0 Å². The summed E-state index contributed by atoms with van der Waals surface area (Å²) in [4.78, 5) is 5.52. The van der Waals surface area contributed by atoms with Gasteiger partial charge in [-0.15, -0.1) is 11.3 Å². The first-order valence-corrected chi connectivity index (χ1v) is 8.89. The lowest BCUT2D eigenvalue weighted by atomic mass is 10.2. The maximum Gasteiger partial charge on any atom is 0.0300 e. The van der Waals surface area contributed by atoms with Crippen molar-refractivity contribution in [2.45, 2.75) is 60.5 Å². The Hall–Kier alpha value is -0.380. The second kappa shape index (κ2) is 9.54. The minimum Gasteiger partial charge on any atom is -0.312 e. The molecule has 2 nitrogen and oxygen atoms in total. The third kappa shape index (κ3) is 6.38. The van der Waals surface area contributed by atoms with Crippen molar-refractivity contribution in [3.05, 3.63) is 21.4 Å². The van der Waals surface area contributed by atoms with Crippen LogP contribution in [-0.4, -0.2) is 24.5 Å². The molecule has 1 heterocycles. The molecule has 0 radical (unpaired) electrons. The number of rotatable bonds is 10. The van der Waals surface area contributed by atoms with Crippen LogP contribution in [0.4, 0.5) is 0 Å². The summed E-state index contributed by atoms with van der Waals surface area (Å²) in [6.45, 7) is 16.9. The summed E-state index contributed by atoms with van der Waals surface area (Å²) in [6.07, 6.45) is 2.59. The summed E-state index contributed by atoms with van der Waals surface area (Å²) in [7, 11) is 0. The molecule has 0 atom stereocenters. The Bertz CT molecular complexity index is 371. The van der Waals surface area contributed by atoms with Crippen molar-refractivity contribution in [3.8, 4) is 0 Å². The van der Waals surface area contributed by atoms with Crippen molar-refractivity contribution < 1.29 is 0 Å². The molecule has 0 fully saturated rings. The van der Waals surface area contributed by atoms with Crippen LogP contribution in [0.1, 0.15) is 55.9 Å². The minimum atomic E-state index is 0.722. The molecule has 3 heteroatoms. The van der Waals surface area contributed by atoms with Gasteiger partial charge in [-0.05, 0) is 50.5 Å². The van der Waals surface area contributed by atoms with Gasteiger partial charge >= 0.3 is 0 Å².